The maximum Gasteiger partial charge on any atom is 0.226 e. The van der Waals surface area contributed by atoms with Crippen LogP contribution in [-0.4, -0.2) is 17.6 Å². The van der Waals surface area contributed by atoms with Gasteiger partial charge in [0.05, 0.1) is 5.88 Å². The van der Waals surface area contributed by atoms with Crippen LogP contribution < -0.4 is 5.32 Å². The van der Waals surface area contributed by atoms with Crippen molar-refractivity contribution >= 4 is 29.0 Å². The van der Waals surface area contributed by atoms with Crippen molar-refractivity contribution < 1.29 is 9.59 Å². The van der Waals surface area contributed by atoms with Gasteiger partial charge in [-0.15, -0.1) is 11.6 Å². The van der Waals surface area contributed by atoms with E-state index in [1.54, 1.807) is 18.2 Å². The Balaban J connectivity index is 2.90. The molecule has 0 saturated heterocycles. The highest BCUT2D eigenvalue weighted by atomic mass is 35.5. The zero-order valence-corrected chi connectivity index (χ0v) is 11.0. The van der Waals surface area contributed by atoms with E-state index in [0.717, 1.165) is 11.3 Å². The lowest BCUT2D eigenvalue weighted by Gasteiger charge is -2.11. The number of hydrogen-bond acceptors (Lipinski definition) is 2. The minimum atomic E-state index is -0.114. The predicted molar refractivity (Wildman–Crippen MR) is 69.7 cm³/mol. The largest absolute Gasteiger partial charge is 0.326 e. The molecule has 0 aliphatic carbocycles. The van der Waals surface area contributed by atoms with Crippen LogP contribution in [0.1, 0.15) is 29.8 Å². The number of halogens is 1. The van der Waals surface area contributed by atoms with Gasteiger partial charge in [-0.25, -0.2) is 0 Å². The fourth-order valence-electron chi connectivity index (χ4n) is 1.33. The highest BCUT2D eigenvalue weighted by molar-refractivity contribution is 6.30. The van der Waals surface area contributed by atoms with E-state index in [9.17, 15) is 9.59 Å². The average molecular weight is 254 g/mol. The molecule has 1 amide bonds. The summed E-state index contributed by atoms with van der Waals surface area (Å²) in [6, 6.07) is 5.14. The van der Waals surface area contributed by atoms with Gasteiger partial charge < -0.3 is 5.32 Å². The number of hydrogen-bond donors (Lipinski definition) is 1. The van der Waals surface area contributed by atoms with Gasteiger partial charge in [0.2, 0.25) is 5.91 Å². The highest BCUT2D eigenvalue weighted by Crippen LogP contribution is 2.18. The normalized spacial score (nSPS) is 10.4. The van der Waals surface area contributed by atoms with Crippen molar-refractivity contribution in [3.05, 3.63) is 29.3 Å². The molecular weight excluding hydrogens is 238 g/mol. The van der Waals surface area contributed by atoms with Crippen molar-refractivity contribution in [3.8, 4) is 0 Å². The van der Waals surface area contributed by atoms with Crippen molar-refractivity contribution in [2.75, 3.05) is 11.2 Å². The van der Waals surface area contributed by atoms with Crippen LogP contribution in [0, 0.1) is 12.8 Å². The van der Waals surface area contributed by atoms with E-state index in [-0.39, 0.29) is 23.5 Å². The summed E-state index contributed by atoms with van der Waals surface area (Å²) < 4.78 is 0. The molecule has 0 aliphatic heterocycles. The molecule has 17 heavy (non-hydrogen) atoms. The number of carbonyl (C=O) groups excluding carboxylic acids is 2. The zero-order valence-electron chi connectivity index (χ0n) is 10.2. The molecule has 0 saturated carbocycles. The van der Waals surface area contributed by atoms with Crippen molar-refractivity contribution in [2.45, 2.75) is 20.8 Å². The van der Waals surface area contributed by atoms with Gasteiger partial charge in [-0.2, -0.15) is 0 Å². The van der Waals surface area contributed by atoms with Crippen molar-refractivity contribution in [2.24, 2.45) is 5.92 Å². The molecule has 4 heteroatoms. The maximum absolute atomic E-state index is 11.5. The van der Waals surface area contributed by atoms with Gasteiger partial charge in [-0.3, -0.25) is 9.59 Å². The predicted octanol–water partition coefficient (Wildman–Crippen LogP) is 3.01. The van der Waals surface area contributed by atoms with Gasteiger partial charge in [0.1, 0.15) is 0 Å². The Labute approximate surface area is 106 Å². The van der Waals surface area contributed by atoms with Crippen LogP contribution in [0.5, 0.6) is 0 Å². The molecule has 0 bridgehead atoms. The van der Waals surface area contributed by atoms with E-state index in [1.165, 1.54) is 0 Å². The van der Waals surface area contributed by atoms with Crippen LogP contribution in [-0.2, 0) is 4.79 Å². The standard InChI is InChI=1S/C13H16ClNO2/c1-8(2)13(17)15-11-5-4-10(6-9(11)3)12(16)7-14/h4-6,8H,7H2,1-3H3,(H,15,17). The summed E-state index contributed by atoms with van der Waals surface area (Å²) in [6.45, 7) is 5.51. The third-order valence-electron chi connectivity index (χ3n) is 2.45. The minimum absolute atomic E-state index is 0.0306. The van der Waals surface area contributed by atoms with Gasteiger partial charge in [-0.1, -0.05) is 13.8 Å². The van der Waals surface area contributed by atoms with Gasteiger partial charge >= 0.3 is 0 Å². The number of ketones is 1. The fourth-order valence-corrected chi connectivity index (χ4v) is 1.49. The van der Waals surface area contributed by atoms with Crippen molar-refractivity contribution in [1.29, 1.82) is 0 Å². The Morgan fingerprint density at radius 1 is 1.35 bits per heavy atom. The molecule has 0 fully saturated rings. The molecule has 0 radical (unpaired) electrons. The number of aryl methyl sites for hydroxylation is 1. The average Bonchev–Trinajstić information content (AvgIpc) is 2.30. The Bertz CT molecular complexity index is 441. The Morgan fingerprint density at radius 2 is 2.00 bits per heavy atom. The Morgan fingerprint density at radius 3 is 2.47 bits per heavy atom. The van der Waals surface area contributed by atoms with Crippen LogP contribution in [0.2, 0.25) is 0 Å². The number of carbonyl (C=O) groups is 2. The summed E-state index contributed by atoms with van der Waals surface area (Å²) in [7, 11) is 0. The van der Waals surface area contributed by atoms with Crippen molar-refractivity contribution in [1.82, 2.24) is 0 Å². The van der Waals surface area contributed by atoms with Crippen LogP contribution in [0.25, 0.3) is 0 Å². The summed E-state index contributed by atoms with van der Waals surface area (Å²) in [5, 5.41) is 2.81. The van der Waals surface area contributed by atoms with Crippen LogP contribution in [0.3, 0.4) is 0 Å². The van der Waals surface area contributed by atoms with E-state index in [2.05, 4.69) is 5.32 Å². The van der Waals surface area contributed by atoms with Crippen LogP contribution >= 0.6 is 11.6 Å². The summed E-state index contributed by atoms with van der Waals surface area (Å²) in [6.07, 6.45) is 0. The first-order valence-electron chi connectivity index (χ1n) is 5.46. The quantitative estimate of drug-likeness (QED) is 0.662. The number of nitrogens with one attached hydrogen (secondary N) is 1. The number of benzene rings is 1. The first-order valence-corrected chi connectivity index (χ1v) is 5.99. The summed E-state index contributed by atoms with van der Waals surface area (Å²) in [4.78, 5) is 22.9. The second-order valence-electron chi connectivity index (χ2n) is 4.23. The second-order valence-corrected chi connectivity index (χ2v) is 4.50. The first kappa shape index (κ1) is 13.7. The third kappa shape index (κ3) is 3.56. The number of alkyl halides is 1. The molecule has 0 heterocycles. The van der Waals surface area contributed by atoms with E-state index < -0.39 is 0 Å². The lowest BCUT2D eigenvalue weighted by Crippen LogP contribution is -2.18. The van der Waals surface area contributed by atoms with E-state index in [0.29, 0.717) is 5.56 Å². The van der Waals surface area contributed by atoms with Crippen LogP contribution in [0.15, 0.2) is 18.2 Å². The number of anilines is 1. The minimum Gasteiger partial charge on any atom is -0.326 e. The monoisotopic (exact) mass is 253 g/mol. The third-order valence-corrected chi connectivity index (χ3v) is 2.69. The van der Waals surface area contributed by atoms with E-state index in [1.807, 2.05) is 20.8 Å². The summed E-state index contributed by atoms with van der Waals surface area (Å²) in [5.74, 6) is -0.253. The molecule has 1 rings (SSSR count). The van der Waals surface area contributed by atoms with Gasteiger partial charge in [0, 0.05) is 17.2 Å². The molecule has 3 nitrogen and oxygen atoms in total. The van der Waals surface area contributed by atoms with Gasteiger partial charge in [0.25, 0.3) is 0 Å². The number of amides is 1. The Hall–Kier alpha value is -1.35. The van der Waals surface area contributed by atoms with Gasteiger partial charge in [0.15, 0.2) is 5.78 Å². The second kappa shape index (κ2) is 5.82. The summed E-state index contributed by atoms with van der Waals surface area (Å²) in [5.41, 5.74) is 2.16. The first-order chi connectivity index (χ1) is 7.95. The lowest BCUT2D eigenvalue weighted by atomic mass is 10.1. The summed E-state index contributed by atoms with van der Waals surface area (Å²) >= 11 is 5.49. The molecule has 0 aliphatic rings. The number of Topliss-reactive ketones (excluding diaryl/α,β-unsaturated/α-hetero) is 1. The molecule has 1 N–H and O–H groups in total. The molecular formula is C13H16ClNO2. The molecule has 0 unspecified atom stereocenters. The van der Waals surface area contributed by atoms with Gasteiger partial charge in [-0.05, 0) is 30.7 Å². The molecule has 0 spiro atoms. The molecule has 1 aromatic rings. The van der Waals surface area contributed by atoms with Crippen LogP contribution in [0.4, 0.5) is 5.69 Å². The Kier molecular flexibility index (Phi) is 4.70. The molecule has 1 aromatic carbocycles. The zero-order chi connectivity index (χ0) is 13.0. The smallest absolute Gasteiger partial charge is 0.226 e. The molecule has 0 atom stereocenters. The molecule has 0 aromatic heterocycles. The topological polar surface area (TPSA) is 46.2 Å². The number of rotatable bonds is 4. The highest BCUT2D eigenvalue weighted by Gasteiger charge is 2.10. The van der Waals surface area contributed by atoms with Crippen molar-refractivity contribution in [3.63, 3.8) is 0 Å². The lowest BCUT2D eigenvalue weighted by molar-refractivity contribution is -0.118. The van der Waals surface area contributed by atoms with E-state index >= 15 is 0 Å². The fraction of sp³-hybridized carbons (Fsp3) is 0.385. The SMILES string of the molecule is Cc1cc(C(=O)CCl)ccc1NC(=O)C(C)C. The van der Waals surface area contributed by atoms with E-state index in [4.69, 9.17) is 11.6 Å². The molecule has 92 valence electrons. The maximum atomic E-state index is 11.5.